The van der Waals surface area contributed by atoms with Crippen LogP contribution >= 0.6 is 11.3 Å². The number of rotatable bonds is 5. The minimum Gasteiger partial charge on any atom is -0.455 e. The summed E-state index contributed by atoms with van der Waals surface area (Å²) in [5.74, 6) is 1.19. The predicted octanol–water partition coefficient (Wildman–Crippen LogP) is 4.16. The Labute approximate surface area is 164 Å². The summed E-state index contributed by atoms with van der Waals surface area (Å²) in [6, 6.07) is 19.2. The molecule has 0 saturated carbocycles. The van der Waals surface area contributed by atoms with Crippen molar-refractivity contribution in [3.8, 4) is 17.6 Å². The number of thiazole rings is 1. The summed E-state index contributed by atoms with van der Waals surface area (Å²) in [6.07, 6.45) is 1.14. The van der Waals surface area contributed by atoms with Gasteiger partial charge in [-0.2, -0.15) is 5.26 Å². The first-order valence-electron chi connectivity index (χ1n) is 8.06. The second-order valence-electron chi connectivity index (χ2n) is 5.63. The van der Waals surface area contributed by atoms with Crippen LogP contribution in [0.3, 0.4) is 0 Å². The van der Waals surface area contributed by atoms with E-state index in [-0.39, 0.29) is 15.7 Å². The third kappa shape index (κ3) is 3.64. The van der Waals surface area contributed by atoms with Crippen molar-refractivity contribution in [3.63, 3.8) is 0 Å². The molecule has 4 rings (SSSR count). The number of nitriles is 1. The highest BCUT2D eigenvalue weighted by Crippen LogP contribution is 2.35. The Bertz CT molecular complexity index is 1280. The number of pyridine rings is 1. The number of sulfonamides is 1. The zero-order chi connectivity index (χ0) is 19.6. The van der Waals surface area contributed by atoms with E-state index in [0.29, 0.717) is 17.0 Å². The van der Waals surface area contributed by atoms with Crippen LogP contribution in [0, 0.1) is 11.3 Å². The molecule has 0 aliphatic carbocycles. The van der Waals surface area contributed by atoms with E-state index in [1.165, 1.54) is 23.5 Å². The molecule has 138 valence electrons. The highest BCUT2D eigenvalue weighted by Gasteiger charge is 2.18. The SMILES string of the molecule is N#Cc1ccc(S(=O)(=O)Nc2nc3c(Oc4ccccc4)cccc3s2)cn1. The molecule has 0 aliphatic heterocycles. The molecule has 0 unspecified atom stereocenters. The van der Waals surface area contributed by atoms with Crippen molar-refractivity contribution in [1.82, 2.24) is 9.97 Å². The molecule has 0 spiro atoms. The summed E-state index contributed by atoms with van der Waals surface area (Å²) >= 11 is 1.20. The highest BCUT2D eigenvalue weighted by atomic mass is 32.2. The fourth-order valence-electron chi connectivity index (χ4n) is 2.44. The average Bonchev–Trinajstić information content (AvgIpc) is 3.11. The standard InChI is InChI=1S/C19H12N4O3S2/c20-11-13-9-10-15(12-21-13)28(24,25)23-19-22-18-16(7-4-8-17(18)27-19)26-14-5-2-1-3-6-14/h1-10,12H,(H,22,23). The van der Waals surface area contributed by atoms with Gasteiger partial charge in [0, 0.05) is 6.20 Å². The first-order valence-corrected chi connectivity index (χ1v) is 10.4. The molecule has 0 bridgehead atoms. The summed E-state index contributed by atoms with van der Waals surface area (Å²) in [7, 11) is -3.87. The zero-order valence-corrected chi connectivity index (χ0v) is 15.9. The molecule has 7 nitrogen and oxygen atoms in total. The van der Waals surface area contributed by atoms with Crippen molar-refractivity contribution >= 4 is 36.7 Å². The smallest absolute Gasteiger partial charge is 0.265 e. The first kappa shape index (κ1) is 17.9. The average molecular weight is 408 g/mol. The lowest BCUT2D eigenvalue weighted by Gasteiger charge is -2.05. The lowest BCUT2D eigenvalue weighted by atomic mass is 10.3. The lowest BCUT2D eigenvalue weighted by molar-refractivity contribution is 0.487. The van der Waals surface area contributed by atoms with Crippen molar-refractivity contribution in [1.29, 1.82) is 5.26 Å². The molecule has 4 aromatic rings. The Morgan fingerprint density at radius 1 is 1.04 bits per heavy atom. The molecule has 0 aliphatic rings. The van der Waals surface area contributed by atoms with Crippen LogP contribution in [0.2, 0.25) is 0 Å². The van der Waals surface area contributed by atoms with E-state index in [1.807, 2.05) is 48.5 Å². The highest BCUT2D eigenvalue weighted by molar-refractivity contribution is 7.93. The Hall–Kier alpha value is -3.48. The number of nitrogens with one attached hydrogen (secondary N) is 1. The molecule has 0 amide bonds. The van der Waals surface area contributed by atoms with Gasteiger partial charge in [-0.05, 0) is 36.4 Å². The van der Waals surface area contributed by atoms with Crippen molar-refractivity contribution in [3.05, 3.63) is 72.6 Å². The van der Waals surface area contributed by atoms with Gasteiger partial charge in [0.05, 0.1) is 4.70 Å². The molecule has 2 aromatic carbocycles. The molecule has 28 heavy (non-hydrogen) atoms. The van der Waals surface area contributed by atoms with Crippen LogP contribution in [-0.2, 0) is 10.0 Å². The molecule has 9 heteroatoms. The Kier molecular flexibility index (Phi) is 4.65. The van der Waals surface area contributed by atoms with Gasteiger partial charge >= 0.3 is 0 Å². The van der Waals surface area contributed by atoms with Crippen LogP contribution in [0.1, 0.15) is 5.69 Å². The number of hydrogen-bond acceptors (Lipinski definition) is 7. The van der Waals surface area contributed by atoms with Crippen LogP contribution in [0.25, 0.3) is 10.2 Å². The van der Waals surface area contributed by atoms with Gasteiger partial charge in [0.1, 0.15) is 27.9 Å². The van der Waals surface area contributed by atoms with E-state index in [2.05, 4.69) is 14.7 Å². The molecule has 1 N–H and O–H groups in total. The van der Waals surface area contributed by atoms with E-state index < -0.39 is 10.0 Å². The summed E-state index contributed by atoms with van der Waals surface area (Å²) in [4.78, 5) is 8.13. The van der Waals surface area contributed by atoms with Gasteiger partial charge in [-0.25, -0.2) is 18.4 Å². The van der Waals surface area contributed by atoms with Crippen LogP contribution in [0.5, 0.6) is 11.5 Å². The summed E-state index contributed by atoms with van der Waals surface area (Å²) < 4.78 is 34.2. The summed E-state index contributed by atoms with van der Waals surface area (Å²) in [6.45, 7) is 0. The van der Waals surface area contributed by atoms with E-state index in [1.54, 1.807) is 6.07 Å². The van der Waals surface area contributed by atoms with Gasteiger partial charge in [0.25, 0.3) is 10.0 Å². The first-order chi connectivity index (χ1) is 13.5. The maximum Gasteiger partial charge on any atom is 0.265 e. The zero-order valence-electron chi connectivity index (χ0n) is 14.2. The molecular weight excluding hydrogens is 396 g/mol. The molecule has 0 radical (unpaired) electrons. The molecule has 2 heterocycles. The van der Waals surface area contributed by atoms with Crippen molar-refractivity contribution in [2.45, 2.75) is 4.90 Å². The minimum absolute atomic E-state index is 0.0495. The largest absolute Gasteiger partial charge is 0.455 e. The molecule has 2 aromatic heterocycles. The fraction of sp³-hybridized carbons (Fsp3) is 0. The molecular formula is C19H12N4O3S2. The van der Waals surface area contributed by atoms with Crippen molar-refractivity contribution in [2.75, 3.05) is 4.72 Å². The molecule has 0 saturated heterocycles. The lowest BCUT2D eigenvalue weighted by Crippen LogP contribution is -2.13. The maximum absolute atomic E-state index is 12.6. The van der Waals surface area contributed by atoms with Gasteiger partial charge in [-0.1, -0.05) is 35.6 Å². The number of benzene rings is 2. The Morgan fingerprint density at radius 3 is 2.57 bits per heavy atom. The van der Waals surface area contributed by atoms with E-state index in [9.17, 15) is 8.42 Å². The summed E-state index contributed by atoms with van der Waals surface area (Å²) in [5, 5.41) is 8.99. The van der Waals surface area contributed by atoms with Crippen LogP contribution in [-0.4, -0.2) is 18.4 Å². The fourth-order valence-corrected chi connectivity index (χ4v) is 4.51. The molecule has 0 fully saturated rings. The summed E-state index contributed by atoms with van der Waals surface area (Å²) in [5.41, 5.74) is 0.702. The van der Waals surface area contributed by atoms with Gasteiger partial charge in [-0.15, -0.1) is 0 Å². The number of ether oxygens (including phenoxy) is 1. The third-order valence-electron chi connectivity index (χ3n) is 3.74. The van der Waals surface area contributed by atoms with E-state index in [0.717, 1.165) is 10.9 Å². The number of hydrogen-bond donors (Lipinski definition) is 1. The maximum atomic E-state index is 12.6. The van der Waals surface area contributed by atoms with Gasteiger partial charge in [0.15, 0.2) is 10.9 Å². The van der Waals surface area contributed by atoms with Gasteiger partial charge in [-0.3, -0.25) is 4.72 Å². The monoisotopic (exact) mass is 408 g/mol. The Morgan fingerprint density at radius 2 is 1.86 bits per heavy atom. The van der Waals surface area contributed by atoms with Crippen molar-refractivity contribution < 1.29 is 13.2 Å². The van der Waals surface area contributed by atoms with Gasteiger partial charge in [0.2, 0.25) is 0 Å². The number of fused-ring (bicyclic) bond motifs is 1. The number of nitrogens with zero attached hydrogens (tertiary/aromatic N) is 3. The Balaban J connectivity index is 1.64. The quantitative estimate of drug-likeness (QED) is 0.532. The third-order valence-corrected chi connectivity index (χ3v) is 6.13. The van der Waals surface area contributed by atoms with E-state index in [4.69, 9.17) is 10.00 Å². The van der Waals surface area contributed by atoms with Crippen LogP contribution in [0.15, 0.2) is 71.8 Å². The van der Waals surface area contributed by atoms with Crippen LogP contribution in [0.4, 0.5) is 5.13 Å². The topological polar surface area (TPSA) is 105 Å². The molecule has 0 atom stereocenters. The minimum atomic E-state index is -3.87. The second-order valence-corrected chi connectivity index (χ2v) is 8.35. The number of anilines is 1. The van der Waals surface area contributed by atoms with Crippen molar-refractivity contribution in [2.24, 2.45) is 0 Å². The normalized spacial score (nSPS) is 11.1. The van der Waals surface area contributed by atoms with Crippen LogP contribution < -0.4 is 9.46 Å². The predicted molar refractivity (Wildman–Crippen MR) is 106 cm³/mol. The van der Waals surface area contributed by atoms with E-state index >= 15 is 0 Å². The van der Waals surface area contributed by atoms with Gasteiger partial charge < -0.3 is 4.74 Å². The second kappa shape index (κ2) is 7.26. The number of para-hydroxylation sites is 2. The number of aromatic nitrogens is 2.